The lowest BCUT2D eigenvalue weighted by Gasteiger charge is -2.20. The first-order valence-electron chi connectivity index (χ1n) is 12.5. The van der Waals surface area contributed by atoms with Gasteiger partial charge in [0.1, 0.15) is 5.75 Å². The number of hydrogen-bond donors (Lipinski definition) is 0. The summed E-state index contributed by atoms with van der Waals surface area (Å²) in [7, 11) is 0. The van der Waals surface area contributed by atoms with Crippen LogP contribution in [0, 0.1) is 0 Å². The maximum atomic E-state index is 12.7. The molecular weight excluding hydrogens is 521 g/mol. The molecule has 0 amide bonds. The topological polar surface area (TPSA) is 57.5 Å². The Bertz CT molecular complexity index is 1370. The number of aryl methyl sites for hydroxylation is 2. The normalized spacial score (nSPS) is 10.9. The van der Waals surface area contributed by atoms with Crippen LogP contribution < -0.4 is 10.3 Å². The van der Waals surface area contributed by atoms with Gasteiger partial charge < -0.3 is 14.0 Å². The van der Waals surface area contributed by atoms with E-state index in [1.165, 1.54) is 0 Å². The van der Waals surface area contributed by atoms with Crippen molar-refractivity contribution < 1.29 is 14.3 Å². The zero-order chi connectivity index (χ0) is 26.9. The third kappa shape index (κ3) is 7.50. The van der Waals surface area contributed by atoms with Crippen LogP contribution >= 0.6 is 23.2 Å². The number of pyridine rings is 1. The number of rotatable bonds is 11. The molecule has 0 N–H and O–H groups in total. The first-order chi connectivity index (χ1) is 18.4. The SMILES string of the molecule is CCOC(=O)COc1cccc(CCCn2cc(C(c3ccc(Cl)cc3)c3ccc(Cl)cc3)ccc2=O)c1. The average molecular weight is 550 g/mol. The van der Waals surface area contributed by atoms with E-state index in [2.05, 4.69) is 0 Å². The Morgan fingerprint density at radius 1 is 0.868 bits per heavy atom. The largest absolute Gasteiger partial charge is 0.482 e. The van der Waals surface area contributed by atoms with E-state index < -0.39 is 5.97 Å². The Hall–Kier alpha value is -3.54. The van der Waals surface area contributed by atoms with Crippen LogP contribution in [0.2, 0.25) is 10.0 Å². The van der Waals surface area contributed by atoms with Gasteiger partial charge in [-0.15, -0.1) is 0 Å². The van der Waals surface area contributed by atoms with E-state index in [0.29, 0.717) is 28.9 Å². The first-order valence-corrected chi connectivity index (χ1v) is 13.3. The molecule has 196 valence electrons. The fourth-order valence-corrected chi connectivity index (χ4v) is 4.62. The molecule has 0 saturated heterocycles. The Morgan fingerprint density at radius 2 is 1.50 bits per heavy atom. The molecular formula is C31H29Cl2NO4. The first kappa shape index (κ1) is 27.5. The smallest absolute Gasteiger partial charge is 0.344 e. The number of nitrogens with zero attached hydrogens (tertiary/aromatic N) is 1. The van der Waals surface area contributed by atoms with Gasteiger partial charge in [-0.25, -0.2) is 4.79 Å². The molecule has 0 saturated carbocycles. The number of hydrogen-bond acceptors (Lipinski definition) is 4. The zero-order valence-electron chi connectivity index (χ0n) is 21.1. The highest BCUT2D eigenvalue weighted by atomic mass is 35.5. The Labute approximate surface area is 232 Å². The molecule has 5 nitrogen and oxygen atoms in total. The summed E-state index contributed by atoms with van der Waals surface area (Å²) in [5.74, 6) is 0.140. The van der Waals surface area contributed by atoms with Crippen molar-refractivity contribution in [2.75, 3.05) is 13.2 Å². The van der Waals surface area contributed by atoms with E-state index in [-0.39, 0.29) is 18.1 Å². The van der Waals surface area contributed by atoms with Crippen molar-refractivity contribution in [3.05, 3.63) is 134 Å². The van der Waals surface area contributed by atoms with Crippen molar-refractivity contribution in [2.24, 2.45) is 0 Å². The minimum atomic E-state index is -0.396. The van der Waals surface area contributed by atoms with Gasteiger partial charge in [-0.1, -0.05) is 65.7 Å². The molecule has 0 bridgehead atoms. The number of carbonyl (C=O) groups is 1. The predicted octanol–water partition coefficient (Wildman–Crippen LogP) is 6.91. The minimum absolute atomic E-state index is 0.0498. The number of ether oxygens (including phenoxy) is 2. The summed E-state index contributed by atoms with van der Waals surface area (Å²) in [4.78, 5) is 24.3. The molecule has 4 rings (SSSR count). The van der Waals surface area contributed by atoms with Crippen LogP contribution in [-0.4, -0.2) is 23.8 Å². The van der Waals surface area contributed by atoms with Gasteiger partial charge in [0.05, 0.1) is 6.61 Å². The summed E-state index contributed by atoms with van der Waals surface area (Å²) in [6, 6.07) is 26.7. The maximum Gasteiger partial charge on any atom is 0.344 e. The molecule has 0 aliphatic carbocycles. The van der Waals surface area contributed by atoms with Crippen molar-refractivity contribution in [1.29, 1.82) is 0 Å². The fourth-order valence-electron chi connectivity index (χ4n) is 4.37. The predicted molar refractivity (Wildman–Crippen MR) is 151 cm³/mol. The van der Waals surface area contributed by atoms with E-state index in [1.54, 1.807) is 17.6 Å². The Morgan fingerprint density at radius 3 is 2.13 bits per heavy atom. The molecule has 0 atom stereocenters. The molecule has 0 unspecified atom stereocenters. The lowest BCUT2D eigenvalue weighted by atomic mass is 9.86. The van der Waals surface area contributed by atoms with Gasteiger partial charge in [-0.05, 0) is 78.4 Å². The standard InChI is InChI=1S/C31H29Cl2NO4/c1-2-37-30(36)21-38-28-7-3-5-22(19-28)6-4-18-34-20-25(12-17-29(34)35)31(23-8-13-26(32)14-9-23)24-10-15-27(33)16-11-24/h3,5,7-17,19-20,31H,2,4,6,18,21H2,1H3. The Kier molecular flexibility index (Phi) is 9.63. The van der Waals surface area contributed by atoms with E-state index >= 15 is 0 Å². The van der Waals surface area contributed by atoms with Gasteiger partial charge in [0.15, 0.2) is 6.61 Å². The van der Waals surface area contributed by atoms with E-state index in [9.17, 15) is 9.59 Å². The average Bonchev–Trinajstić information content (AvgIpc) is 2.92. The molecule has 3 aromatic carbocycles. The minimum Gasteiger partial charge on any atom is -0.482 e. The number of aromatic nitrogens is 1. The van der Waals surface area contributed by atoms with Crippen LogP contribution in [0.3, 0.4) is 0 Å². The van der Waals surface area contributed by atoms with Gasteiger partial charge in [0.25, 0.3) is 5.56 Å². The van der Waals surface area contributed by atoms with Gasteiger partial charge in [0, 0.05) is 34.8 Å². The number of benzene rings is 3. The highest BCUT2D eigenvalue weighted by molar-refractivity contribution is 6.30. The van der Waals surface area contributed by atoms with Crippen LogP contribution in [0.25, 0.3) is 0 Å². The third-order valence-corrected chi connectivity index (χ3v) is 6.68. The summed E-state index contributed by atoms with van der Waals surface area (Å²) in [5, 5.41) is 1.34. The lowest BCUT2D eigenvalue weighted by Crippen LogP contribution is -2.20. The van der Waals surface area contributed by atoms with Gasteiger partial charge in [-0.3, -0.25) is 4.79 Å². The van der Waals surface area contributed by atoms with Crippen LogP contribution in [0.5, 0.6) is 5.75 Å². The van der Waals surface area contributed by atoms with Crippen LogP contribution in [0.15, 0.2) is 95.9 Å². The van der Waals surface area contributed by atoms with Crippen LogP contribution in [0.4, 0.5) is 0 Å². The fraction of sp³-hybridized carbons (Fsp3) is 0.226. The quantitative estimate of drug-likeness (QED) is 0.191. The van der Waals surface area contributed by atoms with Crippen molar-refractivity contribution in [3.63, 3.8) is 0 Å². The molecule has 38 heavy (non-hydrogen) atoms. The summed E-state index contributed by atoms with van der Waals surface area (Å²) in [6.45, 7) is 2.52. The summed E-state index contributed by atoms with van der Waals surface area (Å²) >= 11 is 12.3. The van der Waals surface area contributed by atoms with Crippen LogP contribution in [-0.2, 0) is 22.5 Å². The van der Waals surface area contributed by atoms with Crippen molar-refractivity contribution >= 4 is 29.2 Å². The van der Waals surface area contributed by atoms with Crippen molar-refractivity contribution in [1.82, 2.24) is 4.57 Å². The summed E-state index contributed by atoms with van der Waals surface area (Å²) in [5.41, 5.74) is 4.16. The number of carbonyl (C=O) groups excluding carboxylic acids is 1. The molecule has 0 radical (unpaired) electrons. The lowest BCUT2D eigenvalue weighted by molar-refractivity contribution is -0.145. The van der Waals surface area contributed by atoms with Gasteiger partial charge in [0.2, 0.25) is 0 Å². The highest BCUT2D eigenvalue weighted by Gasteiger charge is 2.18. The molecule has 4 aromatic rings. The Balaban J connectivity index is 1.49. The van der Waals surface area contributed by atoms with Gasteiger partial charge in [-0.2, -0.15) is 0 Å². The second-order valence-corrected chi connectivity index (χ2v) is 9.75. The second-order valence-electron chi connectivity index (χ2n) is 8.87. The molecule has 1 heterocycles. The van der Waals surface area contributed by atoms with E-state index in [1.807, 2.05) is 85.1 Å². The molecule has 0 spiro atoms. The number of halogens is 2. The molecule has 0 aliphatic heterocycles. The number of esters is 1. The molecule has 0 fully saturated rings. The van der Waals surface area contributed by atoms with Crippen molar-refractivity contribution in [3.8, 4) is 5.75 Å². The van der Waals surface area contributed by atoms with Gasteiger partial charge >= 0.3 is 5.97 Å². The highest BCUT2D eigenvalue weighted by Crippen LogP contribution is 2.33. The molecule has 1 aromatic heterocycles. The van der Waals surface area contributed by atoms with E-state index in [4.69, 9.17) is 32.7 Å². The summed E-state index contributed by atoms with van der Waals surface area (Å²) < 4.78 is 12.2. The molecule has 7 heteroatoms. The maximum absolute atomic E-state index is 12.7. The van der Waals surface area contributed by atoms with Crippen LogP contribution in [0.1, 0.15) is 41.5 Å². The summed E-state index contributed by atoms with van der Waals surface area (Å²) in [6.07, 6.45) is 3.46. The van der Waals surface area contributed by atoms with Crippen molar-refractivity contribution in [2.45, 2.75) is 32.2 Å². The molecule has 0 aliphatic rings. The second kappa shape index (κ2) is 13.3. The zero-order valence-corrected chi connectivity index (χ0v) is 22.6. The van der Waals surface area contributed by atoms with E-state index in [0.717, 1.165) is 35.1 Å². The monoisotopic (exact) mass is 549 g/mol. The third-order valence-electron chi connectivity index (χ3n) is 6.17.